The Morgan fingerprint density at radius 2 is 1.75 bits per heavy atom. The number of aliphatic hydroxyl groups is 3. The number of hydrogen-bond acceptors (Lipinski definition) is 10. The lowest BCUT2D eigenvalue weighted by Crippen LogP contribution is -2.33. The number of carbonyl (C=O) groups excluding carboxylic acids is 2. The van der Waals surface area contributed by atoms with Gasteiger partial charge in [0.25, 0.3) is 0 Å². The smallest absolute Gasteiger partial charge is 0.185 e. The second-order valence-corrected chi connectivity index (χ2v) is 7.96. The minimum atomic E-state index is -1.26. The lowest BCUT2D eigenvalue weighted by Gasteiger charge is -2.19. The van der Waals surface area contributed by atoms with Crippen LogP contribution in [0.1, 0.15) is 33.4 Å². The molecule has 4 atom stereocenters. The average Bonchev–Trinajstić information content (AvgIpc) is 3.34. The normalized spacial score (nSPS) is 26.6. The van der Waals surface area contributed by atoms with Gasteiger partial charge in [-0.15, -0.1) is 0 Å². The zero-order valence-corrected chi connectivity index (χ0v) is 17.9. The molecule has 2 aromatic heterocycles. The molecule has 11 heteroatoms. The van der Waals surface area contributed by atoms with Crippen LogP contribution in [0.3, 0.4) is 0 Å². The fourth-order valence-electron chi connectivity index (χ4n) is 4.04. The molecule has 0 radical (unpaired) electrons. The summed E-state index contributed by atoms with van der Waals surface area (Å²) in [5.41, 5.74) is 2.67. The largest absolute Gasteiger partial charge is 0.394 e. The maximum atomic E-state index is 12.6. The van der Waals surface area contributed by atoms with Crippen molar-refractivity contribution in [1.29, 1.82) is 0 Å². The number of ether oxygens (including phenoxy) is 1. The quantitative estimate of drug-likeness (QED) is 0.449. The van der Waals surface area contributed by atoms with Crippen LogP contribution in [0.5, 0.6) is 0 Å². The first-order valence-electron chi connectivity index (χ1n) is 10.3. The molecule has 2 aliphatic rings. The Morgan fingerprint density at radius 3 is 2.44 bits per heavy atom. The number of hydrogen-bond donors (Lipinski definition) is 4. The molecule has 2 aromatic rings. The number of ketones is 2. The predicted molar refractivity (Wildman–Crippen MR) is 113 cm³/mol. The van der Waals surface area contributed by atoms with E-state index < -0.39 is 31.1 Å². The summed E-state index contributed by atoms with van der Waals surface area (Å²) in [7, 11) is 0. The number of rotatable bonds is 6. The number of fused-ring (bicyclic) bond motifs is 1. The van der Waals surface area contributed by atoms with Crippen LogP contribution in [0, 0.1) is 0 Å². The molecule has 4 unspecified atom stereocenters. The maximum Gasteiger partial charge on any atom is 0.185 e. The van der Waals surface area contributed by atoms with E-state index in [1.54, 1.807) is 20.8 Å². The number of carbonyl (C=O) groups is 2. The number of imidazole rings is 1. The predicted octanol–water partition coefficient (Wildman–Crippen LogP) is 0.0445. The first-order valence-corrected chi connectivity index (χ1v) is 10.3. The van der Waals surface area contributed by atoms with Crippen molar-refractivity contribution in [2.24, 2.45) is 0 Å². The maximum absolute atomic E-state index is 12.6. The molecule has 3 heterocycles. The van der Waals surface area contributed by atoms with E-state index >= 15 is 0 Å². The van der Waals surface area contributed by atoms with Crippen molar-refractivity contribution in [3.63, 3.8) is 0 Å². The number of nitrogens with zero attached hydrogens (tertiary/aromatic N) is 4. The van der Waals surface area contributed by atoms with Gasteiger partial charge in [0.05, 0.1) is 12.9 Å². The minimum Gasteiger partial charge on any atom is -0.394 e. The van der Waals surface area contributed by atoms with Gasteiger partial charge in [-0.3, -0.25) is 14.2 Å². The second-order valence-electron chi connectivity index (χ2n) is 7.96. The van der Waals surface area contributed by atoms with Crippen molar-refractivity contribution in [2.45, 2.75) is 51.7 Å². The van der Waals surface area contributed by atoms with Gasteiger partial charge in [-0.05, 0) is 27.2 Å². The van der Waals surface area contributed by atoms with Gasteiger partial charge in [0.1, 0.15) is 24.6 Å². The monoisotopic (exact) mass is 443 g/mol. The molecule has 4 N–H and O–H groups in total. The molecule has 1 saturated heterocycles. The van der Waals surface area contributed by atoms with E-state index in [9.17, 15) is 24.9 Å². The lowest BCUT2D eigenvalue weighted by atomic mass is 9.84. The molecule has 32 heavy (non-hydrogen) atoms. The van der Waals surface area contributed by atoms with Crippen molar-refractivity contribution < 1.29 is 29.6 Å². The lowest BCUT2D eigenvalue weighted by molar-refractivity contribution is -0.116. The summed E-state index contributed by atoms with van der Waals surface area (Å²) in [5, 5.41) is 32.7. The number of Topliss-reactive ketones (excluding diaryl/α,β-unsaturated/α-hetero) is 2. The number of anilines is 1. The number of allylic oxidation sites excluding steroid dienone is 3. The van der Waals surface area contributed by atoms with Crippen molar-refractivity contribution >= 4 is 28.5 Å². The number of aliphatic hydroxyl groups excluding tert-OH is 3. The van der Waals surface area contributed by atoms with E-state index in [2.05, 4.69) is 20.3 Å². The SMILES string of the molecule is CC1=C(C)C(=O)C(CCNc2ncnc3c2ncn3C2OC(CO)C(O)C2O)=C(C)C1=O. The number of aromatic nitrogens is 4. The van der Waals surface area contributed by atoms with E-state index in [0.717, 1.165) is 0 Å². The molecule has 4 rings (SSSR count). The van der Waals surface area contributed by atoms with E-state index in [-0.39, 0.29) is 11.6 Å². The molecule has 0 aromatic carbocycles. The van der Waals surface area contributed by atoms with E-state index in [1.807, 2.05) is 0 Å². The molecular weight excluding hydrogens is 418 g/mol. The Hall–Kier alpha value is -2.99. The van der Waals surface area contributed by atoms with Gasteiger partial charge < -0.3 is 25.4 Å². The molecule has 1 aliphatic carbocycles. The van der Waals surface area contributed by atoms with Crippen LogP contribution in [0.25, 0.3) is 11.2 Å². The molecule has 0 amide bonds. The van der Waals surface area contributed by atoms with Crippen LogP contribution in [0.4, 0.5) is 5.82 Å². The average molecular weight is 443 g/mol. The van der Waals surface area contributed by atoms with Crippen molar-refractivity contribution in [3.8, 4) is 0 Å². The van der Waals surface area contributed by atoms with E-state index in [4.69, 9.17) is 4.74 Å². The Bertz CT molecular complexity index is 1150. The molecule has 0 spiro atoms. The molecule has 1 aliphatic heterocycles. The van der Waals surface area contributed by atoms with Crippen LogP contribution in [0.15, 0.2) is 34.9 Å². The highest BCUT2D eigenvalue weighted by atomic mass is 16.6. The highest BCUT2D eigenvalue weighted by Crippen LogP contribution is 2.32. The fraction of sp³-hybridized carbons (Fsp3) is 0.476. The van der Waals surface area contributed by atoms with Crippen molar-refractivity contribution in [1.82, 2.24) is 19.5 Å². The fourth-order valence-corrected chi connectivity index (χ4v) is 4.04. The summed E-state index contributed by atoms with van der Waals surface area (Å²) in [4.78, 5) is 37.6. The third-order valence-corrected chi connectivity index (χ3v) is 6.13. The second kappa shape index (κ2) is 8.51. The summed E-state index contributed by atoms with van der Waals surface area (Å²) in [5.74, 6) is 0.179. The Kier molecular flexibility index (Phi) is 5.91. The standard InChI is InChI=1S/C21H25N5O6/c1-9-10(2)16(29)12(11(3)15(9)28)4-5-22-19-14-20(24-7-23-19)26(8-25-14)21-18(31)17(30)13(6-27)32-21/h7-8,13,17-18,21,27,30-31H,4-6H2,1-3H3,(H,22,23,24). The van der Waals surface area contributed by atoms with Gasteiger partial charge in [-0.1, -0.05) is 0 Å². The highest BCUT2D eigenvalue weighted by Gasteiger charge is 2.44. The summed E-state index contributed by atoms with van der Waals surface area (Å²) < 4.78 is 7.02. The van der Waals surface area contributed by atoms with Crippen LogP contribution in [-0.4, -0.2) is 77.9 Å². The van der Waals surface area contributed by atoms with Gasteiger partial charge in [0.2, 0.25) is 0 Å². The Morgan fingerprint density at radius 1 is 1.03 bits per heavy atom. The van der Waals surface area contributed by atoms with E-state index in [0.29, 0.717) is 52.2 Å². The van der Waals surface area contributed by atoms with Gasteiger partial charge in [-0.25, -0.2) is 15.0 Å². The Labute approximate surface area is 183 Å². The third kappa shape index (κ3) is 3.52. The summed E-state index contributed by atoms with van der Waals surface area (Å²) in [6.45, 7) is 4.89. The van der Waals surface area contributed by atoms with Crippen molar-refractivity contribution in [2.75, 3.05) is 18.5 Å². The topological polar surface area (TPSA) is 160 Å². The van der Waals surface area contributed by atoms with Gasteiger partial charge >= 0.3 is 0 Å². The summed E-state index contributed by atoms with van der Waals surface area (Å²) >= 11 is 0. The first-order chi connectivity index (χ1) is 15.3. The summed E-state index contributed by atoms with van der Waals surface area (Å²) in [6, 6.07) is 0. The molecule has 0 saturated carbocycles. The van der Waals surface area contributed by atoms with Crippen LogP contribution in [-0.2, 0) is 14.3 Å². The molecule has 11 nitrogen and oxygen atoms in total. The third-order valence-electron chi connectivity index (χ3n) is 6.13. The molecular formula is C21H25N5O6. The van der Waals surface area contributed by atoms with Gasteiger partial charge in [0, 0.05) is 28.8 Å². The molecule has 0 bridgehead atoms. The first kappa shape index (κ1) is 22.2. The van der Waals surface area contributed by atoms with E-state index in [1.165, 1.54) is 17.2 Å². The van der Waals surface area contributed by atoms with Crippen molar-refractivity contribution in [3.05, 3.63) is 34.9 Å². The highest BCUT2D eigenvalue weighted by molar-refractivity contribution is 6.24. The zero-order valence-electron chi connectivity index (χ0n) is 17.9. The molecule has 1 fully saturated rings. The van der Waals surface area contributed by atoms with Crippen LogP contribution in [0.2, 0.25) is 0 Å². The zero-order chi connectivity index (χ0) is 23.2. The van der Waals surface area contributed by atoms with Gasteiger partial charge in [0.15, 0.2) is 34.8 Å². The number of nitrogens with one attached hydrogen (secondary N) is 1. The Balaban J connectivity index is 1.52. The molecule has 170 valence electrons. The van der Waals surface area contributed by atoms with Crippen LogP contribution < -0.4 is 5.32 Å². The van der Waals surface area contributed by atoms with Crippen LogP contribution >= 0.6 is 0 Å². The minimum absolute atomic E-state index is 0.112. The summed E-state index contributed by atoms with van der Waals surface area (Å²) in [6.07, 6.45) is -1.32. The van der Waals surface area contributed by atoms with Gasteiger partial charge in [-0.2, -0.15) is 0 Å².